The summed E-state index contributed by atoms with van der Waals surface area (Å²) in [5, 5.41) is 6.07. The molecule has 24 heavy (non-hydrogen) atoms. The standard InChI is InChI=1S/C18H19ClN2O3/c1-11(2)20-17(22)12-4-7-14(8-5-12)21-18(23)15-9-6-13(19)10-16(15)24-3/h4-11H,1-3H3,(H,20,22)(H,21,23). The molecule has 0 aromatic heterocycles. The maximum absolute atomic E-state index is 12.4. The molecule has 2 amide bonds. The molecule has 6 heteroatoms. The van der Waals surface area contributed by atoms with Crippen LogP contribution in [0.15, 0.2) is 42.5 Å². The number of halogens is 1. The van der Waals surface area contributed by atoms with Gasteiger partial charge in [0, 0.05) is 22.3 Å². The summed E-state index contributed by atoms with van der Waals surface area (Å²) >= 11 is 5.89. The van der Waals surface area contributed by atoms with Crippen LogP contribution in [-0.4, -0.2) is 25.0 Å². The van der Waals surface area contributed by atoms with Crippen LogP contribution in [0.2, 0.25) is 5.02 Å². The molecule has 0 saturated heterocycles. The third-order valence-corrected chi connectivity index (χ3v) is 3.47. The van der Waals surface area contributed by atoms with Crippen molar-refractivity contribution in [3.8, 4) is 5.75 Å². The number of hydrogen-bond donors (Lipinski definition) is 2. The Hall–Kier alpha value is -2.53. The van der Waals surface area contributed by atoms with E-state index < -0.39 is 0 Å². The topological polar surface area (TPSA) is 67.4 Å². The zero-order valence-corrected chi connectivity index (χ0v) is 14.5. The van der Waals surface area contributed by atoms with Crippen LogP contribution in [0.1, 0.15) is 34.6 Å². The number of anilines is 1. The van der Waals surface area contributed by atoms with E-state index in [0.717, 1.165) is 0 Å². The Kier molecular flexibility index (Phi) is 5.82. The normalized spacial score (nSPS) is 10.4. The third-order valence-electron chi connectivity index (χ3n) is 3.23. The van der Waals surface area contributed by atoms with Gasteiger partial charge in [-0.05, 0) is 56.3 Å². The maximum Gasteiger partial charge on any atom is 0.259 e. The molecule has 2 N–H and O–H groups in total. The van der Waals surface area contributed by atoms with Crippen LogP contribution in [0.3, 0.4) is 0 Å². The van der Waals surface area contributed by atoms with Gasteiger partial charge in [-0.3, -0.25) is 9.59 Å². The van der Waals surface area contributed by atoms with Gasteiger partial charge in [0.15, 0.2) is 0 Å². The molecule has 0 atom stereocenters. The molecule has 2 aromatic rings. The lowest BCUT2D eigenvalue weighted by molar-refractivity contribution is 0.0942. The number of nitrogens with one attached hydrogen (secondary N) is 2. The summed E-state index contributed by atoms with van der Waals surface area (Å²) in [7, 11) is 1.48. The fourth-order valence-electron chi connectivity index (χ4n) is 2.10. The largest absolute Gasteiger partial charge is 0.496 e. The van der Waals surface area contributed by atoms with Gasteiger partial charge in [0.25, 0.3) is 11.8 Å². The van der Waals surface area contributed by atoms with Gasteiger partial charge in [0.05, 0.1) is 12.7 Å². The van der Waals surface area contributed by atoms with Crippen molar-refractivity contribution < 1.29 is 14.3 Å². The van der Waals surface area contributed by atoms with Gasteiger partial charge in [-0.15, -0.1) is 0 Å². The van der Waals surface area contributed by atoms with E-state index in [1.54, 1.807) is 42.5 Å². The van der Waals surface area contributed by atoms with Crippen molar-refractivity contribution in [3.05, 3.63) is 58.6 Å². The van der Waals surface area contributed by atoms with E-state index >= 15 is 0 Å². The zero-order chi connectivity index (χ0) is 17.7. The van der Waals surface area contributed by atoms with Gasteiger partial charge in [-0.1, -0.05) is 11.6 Å². The van der Waals surface area contributed by atoms with Crippen LogP contribution in [-0.2, 0) is 0 Å². The first kappa shape index (κ1) is 17.8. The number of ether oxygens (including phenoxy) is 1. The molecule has 0 spiro atoms. The third kappa shape index (κ3) is 4.49. The zero-order valence-electron chi connectivity index (χ0n) is 13.7. The summed E-state index contributed by atoms with van der Waals surface area (Å²) < 4.78 is 5.17. The molecule has 0 aliphatic heterocycles. The number of carbonyl (C=O) groups excluding carboxylic acids is 2. The molecule has 0 fully saturated rings. The second kappa shape index (κ2) is 7.84. The van der Waals surface area contributed by atoms with Crippen LogP contribution in [0.25, 0.3) is 0 Å². The van der Waals surface area contributed by atoms with E-state index in [9.17, 15) is 9.59 Å². The predicted molar refractivity (Wildman–Crippen MR) is 95.0 cm³/mol. The van der Waals surface area contributed by atoms with Crippen molar-refractivity contribution in [3.63, 3.8) is 0 Å². The maximum atomic E-state index is 12.4. The summed E-state index contributed by atoms with van der Waals surface area (Å²) in [6, 6.07) is 11.5. The highest BCUT2D eigenvalue weighted by atomic mass is 35.5. The summed E-state index contributed by atoms with van der Waals surface area (Å²) in [4.78, 5) is 24.3. The molecule has 0 aliphatic carbocycles. The number of carbonyl (C=O) groups is 2. The van der Waals surface area contributed by atoms with E-state index in [2.05, 4.69) is 10.6 Å². The Morgan fingerprint density at radius 1 is 1.04 bits per heavy atom. The Morgan fingerprint density at radius 2 is 1.71 bits per heavy atom. The molecule has 0 saturated carbocycles. The number of amides is 2. The van der Waals surface area contributed by atoms with Crippen molar-refractivity contribution in [1.29, 1.82) is 0 Å². The van der Waals surface area contributed by atoms with Crippen LogP contribution in [0.4, 0.5) is 5.69 Å². The van der Waals surface area contributed by atoms with Crippen molar-refractivity contribution in [1.82, 2.24) is 5.32 Å². The van der Waals surface area contributed by atoms with Gasteiger partial charge >= 0.3 is 0 Å². The molecular weight excluding hydrogens is 328 g/mol. The first-order chi connectivity index (χ1) is 11.4. The van der Waals surface area contributed by atoms with Crippen LogP contribution >= 0.6 is 11.6 Å². The highest BCUT2D eigenvalue weighted by Crippen LogP contribution is 2.24. The van der Waals surface area contributed by atoms with Crippen molar-refractivity contribution in [2.45, 2.75) is 19.9 Å². The van der Waals surface area contributed by atoms with E-state index in [0.29, 0.717) is 27.6 Å². The van der Waals surface area contributed by atoms with Gasteiger partial charge in [0.1, 0.15) is 5.75 Å². The Balaban J connectivity index is 2.11. The molecule has 0 aliphatic rings. The minimum Gasteiger partial charge on any atom is -0.496 e. The Morgan fingerprint density at radius 3 is 2.29 bits per heavy atom. The van der Waals surface area contributed by atoms with E-state index in [-0.39, 0.29) is 17.9 Å². The SMILES string of the molecule is COc1cc(Cl)ccc1C(=O)Nc1ccc(C(=O)NC(C)C)cc1. The molecule has 2 aromatic carbocycles. The van der Waals surface area contributed by atoms with Crippen LogP contribution < -0.4 is 15.4 Å². The smallest absolute Gasteiger partial charge is 0.259 e. The fraction of sp³-hybridized carbons (Fsp3) is 0.222. The minimum atomic E-state index is -0.317. The lowest BCUT2D eigenvalue weighted by Gasteiger charge is -2.11. The predicted octanol–water partition coefficient (Wildman–Crippen LogP) is 3.74. The number of benzene rings is 2. The molecule has 0 bridgehead atoms. The fourth-order valence-corrected chi connectivity index (χ4v) is 2.26. The van der Waals surface area contributed by atoms with Gasteiger partial charge in [-0.25, -0.2) is 0 Å². The second-order valence-corrected chi connectivity index (χ2v) is 5.94. The lowest BCUT2D eigenvalue weighted by atomic mass is 10.1. The van der Waals surface area contributed by atoms with E-state index in [1.165, 1.54) is 7.11 Å². The van der Waals surface area contributed by atoms with Crippen LogP contribution in [0.5, 0.6) is 5.75 Å². The average molecular weight is 347 g/mol. The lowest BCUT2D eigenvalue weighted by Crippen LogP contribution is -2.30. The number of methoxy groups -OCH3 is 1. The quantitative estimate of drug-likeness (QED) is 0.866. The number of rotatable bonds is 5. The molecule has 0 unspecified atom stereocenters. The summed E-state index contributed by atoms with van der Waals surface area (Å²) in [5.74, 6) is -0.0712. The number of hydrogen-bond acceptors (Lipinski definition) is 3. The van der Waals surface area contributed by atoms with E-state index in [4.69, 9.17) is 16.3 Å². The molecule has 126 valence electrons. The summed E-state index contributed by atoms with van der Waals surface area (Å²) in [6.07, 6.45) is 0. The first-order valence-electron chi connectivity index (χ1n) is 7.46. The summed E-state index contributed by atoms with van der Waals surface area (Å²) in [6.45, 7) is 3.79. The summed E-state index contributed by atoms with van der Waals surface area (Å²) in [5.41, 5.74) is 1.49. The highest BCUT2D eigenvalue weighted by molar-refractivity contribution is 6.31. The Bertz CT molecular complexity index is 742. The average Bonchev–Trinajstić information content (AvgIpc) is 2.54. The van der Waals surface area contributed by atoms with Crippen molar-refractivity contribution >= 4 is 29.1 Å². The van der Waals surface area contributed by atoms with Gasteiger partial charge in [0.2, 0.25) is 0 Å². The van der Waals surface area contributed by atoms with Crippen molar-refractivity contribution in [2.24, 2.45) is 0 Å². The molecule has 5 nitrogen and oxygen atoms in total. The molecule has 0 radical (unpaired) electrons. The monoisotopic (exact) mass is 346 g/mol. The molecule has 0 heterocycles. The van der Waals surface area contributed by atoms with Crippen molar-refractivity contribution in [2.75, 3.05) is 12.4 Å². The van der Waals surface area contributed by atoms with Crippen LogP contribution in [0, 0.1) is 0 Å². The molecular formula is C18H19ClN2O3. The minimum absolute atomic E-state index is 0.0641. The second-order valence-electron chi connectivity index (χ2n) is 5.50. The van der Waals surface area contributed by atoms with E-state index in [1.807, 2.05) is 13.8 Å². The van der Waals surface area contributed by atoms with Gasteiger partial charge in [-0.2, -0.15) is 0 Å². The highest BCUT2D eigenvalue weighted by Gasteiger charge is 2.13. The first-order valence-corrected chi connectivity index (χ1v) is 7.84. The van der Waals surface area contributed by atoms with Gasteiger partial charge < -0.3 is 15.4 Å². The Labute approximate surface area is 146 Å². The molecule has 2 rings (SSSR count).